The molecule has 0 spiro atoms. The third kappa shape index (κ3) is 3.34. The fraction of sp³-hybridized carbons (Fsp3) is 0.130. The number of fused-ring (bicyclic) bond motifs is 3. The number of methoxy groups -OCH3 is 1. The van der Waals surface area contributed by atoms with Gasteiger partial charge in [0.05, 0.1) is 29.4 Å². The van der Waals surface area contributed by atoms with Gasteiger partial charge in [-0.3, -0.25) is 9.59 Å². The van der Waals surface area contributed by atoms with Crippen molar-refractivity contribution >= 4 is 28.1 Å². The molecule has 0 fully saturated rings. The zero-order valence-electron chi connectivity index (χ0n) is 16.0. The number of benzene rings is 2. The highest BCUT2D eigenvalue weighted by molar-refractivity contribution is 6.13. The Balaban J connectivity index is 1.95. The van der Waals surface area contributed by atoms with E-state index < -0.39 is 0 Å². The van der Waals surface area contributed by atoms with E-state index in [4.69, 9.17) is 10.5 Å². The van der Waals surface area contributed by atoms with E-state index >= 15 is 0 Å². The van der Waals surface area contributed by atoms with E-state index in [0.717, 1.165) is 10.9 Å². The van der Waals surface area contributed by atoms with Crippen LogP contribution in [-0.2, 0) is 0 Å². The molecule has 0 radical (unpaired) electrons. The number of nitrogens with one attached hydrogen (secondary N) is 1. The number of hydrogen-bond acceptors (Lipinski definition) is 4. The molecule has 0 unspecified atom stereocenters. The number of amides is 1. The largest absolute Gasteiger partial charge is 0.497 e. The molecule has 1 amide bonds. The number of nitrogens with two attached hydrogens (primary N) is 1. The van der Waals surface area contributed by atoms with Crippen LogP contribution in [0.3, 0.4) is 0 Å². The zero-order chi connectivity index (χ0) is 20.4. The van der Waals surface area contributed by atoms with E-state index in [1.807, 2.05) is 40.8 Å². The molecule has 6 heteroatoms. The molecule has 2 heterocycles. The van der Waals surface area contributed by atoms with Crippen LogP contribution in [0.15, 0.2) is 66.7 Å². The quantitative estimate of drug-likeness (QED) is 0.498. The lowest BCUT2D eigenvalue weighted by atomic mass is 10.1. The van der Waals surface area contributed by atoms with Crippen molar-refractivity contribution in [3.8, 4) is 5.75 Å². The molecule has 4 rings (SSSR count). The van der Waals surface area contributed by atoms with Gasteiger partial charge in [0.2, 0.25) is 5.78 Å². The van der Waals surface area contributed by atoms with E-state index in [-0.39, 0.29) is 11.7 Å². The van der Waals surface area contributed by atoms with E-state index in [9.17, 15) is 9.59 Å². The normalized spacial score (nSPS) is 11.0. The maximum Gasteiger partial charge on any atom is 0.253 e. The highest BCUT2D eigenvalue weighted by atomic mass is 16.5. The monoisotopic (exact) mass is 387 g/mol. The van der Waals surface area contributed by atoms with Crippen molar-refractivity contribution in [1.29, 1.82) is 0 Å². The lowest BCUT2D eigenvalue weighted by molar-refractivity contribution is 0.0956. The summed E-state index contributed by atoms with van der Waals surface area (Å²) in [7, 11) is 1.56. The first-order valence-electron chi connectivity index (χ1n) is 9.34. The van der Waals surface area contributed by atoms with E-state index in [2.05, 4.69) is 5.32 Å². The van der Waals surface area contributed by atoms with Gasteiger partial charge in [0.25, 0.3) is 5.91 Å². The van der Waals surface area contributed by atoms with Gasteiger partial charge in [-0.15, -0.1) is 0 Å². The van der Waals surface area contributed by atoms with Crippen molar-refractivity contribution in [1.82, 2.24) is 9.72 Å². The van der Waals surface area contributed by atoms with Gasteiger partial charge in [-0.1, -0.05) is 36.4 Å². The van der Waals surface area contributed by atoms with Crippen LogP contribution in [0.1, 0.15) is 26.4 Å². The Bertz CT molecular complexity index is 1230. The molecule has 2 aromatic carbocycles. The van der Waals surface area contributed by atoms with Gasteiger partial charge in [-0.05, 0) is 35.7 Å². The SMILES string of the molecule is COc1cccc(C(=O)c2cc(C(=O)NCCN)c3ccc4ccccc4n23)c1. The molecule has 6 nitrogen and oxygen atoms in total. The fourth-order valence-electron chi connectivity index (χ4n) is 3.49. The summed E-state index contributed by atoms with van der Waals surface area (Å²) in [6.45, 7) is 0.707. The number of nitrogens with zero attached hydrogens (tertiary/aromatic N) is 1. The van der Waals surface area contributed by atoms with Gasteiger partial charge >= 0.3 is 0 Å². The zero-order valence-corrected chi connectivity index (χ0v) is 16.0. The van der Waals surface area contributed by atoms with Crippen LogP contribution >= 0.6 is 0 Å². The second kappa shape index (κ2) is 7.77. The maximum absolute atomic E-state index is 13.4. The Morgan fingerprint density at radius 2 is 1.83 bits per heavy atom. The Hall–Kier alpha value is -3.64. The summed E-state index contributed by atoms with van der Waals surface area (Å²) in [4.78, 5) is 26.1. The number of hydrogen-bond donors (Lipinski definition) is 2. The minimum absolute atomic E-state index is 0.187. The summed E-state index contributed by atoms with van der Waals surface area (Å²) in [5.74, 6) is 0.156. The third-order valence-electron chi connectivity index (χ3n) is 4.88. The second-order valence-electron chi connectivity index (χ2n) is 6.66. The summed E-state index contributed by atoms with van der Waals surface area (Å²) in [5.41, 5.74) is 8.39. The van der Waals surface area contributed by atoms with Gasteiger partial charge in [0, 0.05) is 18.7 Å². The molecule has 29 heavy (non-hydrogen) atoms. The molecule has 0 aliphatic heterocycles. The first-order valence-corrected chi connectivity index (χ1v) is 9.34. The summed E-state index contributed by atoms with van der Waals surface area (Å²) in [6.07, 6.45) is 0. The molecule has 4 aromatic rings. The number of aromatic nitrogens is 1. The topological polar surface area (TPSA) is 85.8 Å². The van der Waals surface area contributed by atoms with Gasteiger partial charge in [-0.25, -0.2) is 0 Å². The molecule has 0 saturated heterocycles. The summed E-state index contributed by atoms with van der Waals surface area (Å²) in [6, 6.07) is 20.2. The van der Waals surface area contributed by atoms with E-state index in [1.165, 1.54) is 0 Å². The number of ether oxygens (including phenoxy) is 1. The highest BCUT2D eigenvalue weighted by Gasteiger charge is 2.22. The van der Waals surface area contributed by atoms with Crippen LogP contribution in [0, 0.1) is 0 Å². The van der Waals surface area contributed by atoms with Crippen LogP contribution in [0.2, 0.25) is 0 Å². The van der Waals surface area contributed by atoms with Gasteiger partial charge < -0.3 is 20.2 Å². The van der Waals surface area contributed by atoms with Gasteiger partial charge in [0.1, 0.15) is 5.75 Å². The van der Waals surface area contributed by atoms with Crippen molar-refractivity contribution < 1.29 is 14.3 Å². The minimum atomic E-state index is -0.257. The highest BCUT2D eigenvalue weighted by Crippen LogP contribution is 2.26. The standard InChI is InChI=1S/C23H21N3O3/c1-29-17-7-4-6-16(13-17)22(27)21-14-18(23(28)25-12-11-24)20-10-9-15-5-2-3-8-19(15)26(20)21/h2-10,13-14H,11-12,24H2,1H3,(H,25,28). The first kappa shape index (κ1) is 18.7. The number of para-hydroxylation sites is 1. The molecule has 0 atom stereocenters. The number of ketones is 1. The predicted octanol–water partition coefficient (Wildman–Crippen LogP) is 3.02. The number of carbonyl (C=O) groups is 2. The van der Waals surface area contributed by atoms with Crippen LogP contribution in [0.5, 0.6) is 5.75 Å². The minimum Gasteiger partial charge on any atom is -0.497 e. The van der Waals surface area contributed by atoms with Crippen LogP contribution in [-0.4, -0.2) is 36.3 Å². The maximum atomic E-state index is 13.4. The van der Waals surface area contributed by atoms with Gasteiger partial charge in [0.15, 0.2) is 0 Å². The van der Waals surface area contributed by atoms with Crippen LogP contribution in [0.4, 0.5) is 0 Å². The van der Waals surface area contributed by atoms with Crippen LogP contribution in [0.25, 0.3) is 16.4 Å². The summed E-state index contributed by atoms with van der Waals surface area (Å²) < 4.78 is 7.09. The molecule has 0 aliphatic carbocycles. The lowest BCUT2D eigenvalue weighted by Crippen LogP contribution is -2.28. The molecule has 0 saturated carbocycles. The lowest BCUT2D eigenvalue weighted by Gasteiger charge is -2.08. The summed E-state index contributed by atoms with van der Waals surface area (Å²) in [5, 5.41) is 3.77. The molecule has 0 bridgehead atoms. The van der Waals surface area contributed by atoms with Crippen molar-refractivity contribution in [2.24, 2.45) is 5.73 Å². The number of pyridine rings is 1. The first-order chi connectivity index (χ1) is 14.1. The Morgan fingerprint density at radius 1 is 1.00 bits per heavy atom. The average molecular weight is 387 g/mol. The molecule has 146 valence electrons. The third-order valence-corrected chi connectivity index (χ3v) is 4.88. The van der Waals surface area contributed by atoms with Crippen LogP contribution < -0.4 is 15.8 Å². The Labute approximate surface area is 167 Å². The van der Waals surface area contributed by atoms with Gasteiger partial charge in [-0.2, -0.15) is 0 Å². The smallest absolute Gasteiger partial charge is 0.253 e. The molecule has 0 aliphatic rings. The molecule has 2 aromatic heterocycles. The molecular formula is C23H21N3O3. The van der Waals surface area contributed by atoms with E-state index in [1.54, 1.807) is 37.4 Å². The van der Waals surface area contributed by atoms with E-state index in [0.29, 0.717) is 41.2 Å². The Kier molecular flexibility index (Phi) is 5.01. The van der Waals surface area contributed by atoms with Crippen molar-refractivity contribution in [2.45, 2.75) is 0 Å². The van der Waals surface area contributed by atoms with Crippen molar-refractivity contribution in [2.75, 3.05) is 20.2 Å². The van der Waals surface area contributed by atoms with Crippen molar-refractivity contribution in [3.05, 3.63) is 83.6 Å². The average Bonchev–Trinajstić information content (AvgIpc) is 3.17. The fourth-order valence-corrected chi connectivity index (χ4v) is 3.49. The molecule has 3 N–H and O–H groups in total. The summed E-state index contributed by atoms with van der Waals surface area (Å²) >= 11 is 0. The number of carbonyl (C=O) groups excluding carboxylic acids is 2. The predicted molar refractivity (Wildman–Crippen MR) is 113 cm³/mol. The van der Waals surface area contributed by atoms with Crippen molar-refractivity contribution in [3.63, 3.8) is 0 Å². The second-order valence-corrected chi connectivity index (χ2v) is 6.66. The Morgan fingerprint density at radius 3 is 2.62 bits per heavy atom. The number of rotatable bonds is 6. The molecular weight excluding hydrogens is 366 g/mol.